The van der Waals surface area contributed by atoms with Crippen LogP contribution >= 0.6 is 11.6 Å². The molecule has 4 heteroatoms. The lowest BCUT2D eigenvalue weighted by atomic mass is 10.2. The van der Waals surface area contributed by atoms with Crippen molar-refractivity contribution in [3.8, 4) is 0 Å². The summed E-state index contributed by atoms with van der Waals surface area (Å²) in [7, 11) is 0. The van der Waals surface area contributed by atoms with Gasteiger partial charge in [0.2, 0.25) is 0 Å². The Morgan fingerprint density at radius 1 is 1.57 bits per heavy atom. The number of alkyl halides is 1. The molecule has 1 heterocycles. The monoisotopic (exact) mass is 216 g/mol. The molecule has 2 nitrogen and oxygen atoms in total. The molecule has 0 aromatic carbocycles. The van der Waals surface area contributed by atoms with Crippen molar-refractivity contribution in [3.63, 3.8) is 0 Å². The highest BCUT2D eigenvalue weighted by atomic mass is 35.5. The fourth-order valence-electron chi connectivity index (χ4n) is 1.04. The summed E-state index contributed by atoms with van der Waals surface area (Å²) in [5, 5.41) is 3.27. The summed E-state index contributed by atoms with van der Waals surface area (Å²) in [5.41, 5.74) is 0. The van der Waals surface area contributed by atoms with Crippen LogP contribution in [0.5, 0.6) is 0 Å². The van der Waals surface area contributed by atoms with Crippen LogP contribution in [0.2, 0.25) is 0 Å². The molecular weight excluding hydrogens is 203 g/mol. The maximum Gasteiger partial charge on any atom is 0.141 e. The normalized spacial score (nSPS) is 12.5. The Morgan fingerprint density at radius 2 is 2.36 bits per heavy atom. The molecule has 1 aromatic heterocycles. The second kappa shape index (κ2) is 5.81. The minimum Gasteiger partial charge on any atom is -0.370 e. The Balaban J connectivity index is 2.28. The molecule has 0 aliphatic heterocycles. The maximum atomic E-state index is 12.5. The minimum atomic E-state index is -0.320. The zero-order valence-electron chi connectivity index (χ0n) is 8.13. The zero-order valence-corrected chi connectivity index (χ0v) is 8.89. The lowest BCUT2D eigenvalue weighted by Crippen LogP contribution is -2.08. The van der Waals surface area contributed by atoms with E-state index in [-0.39, 0.29) is 11.2 Å². The van der Waals surface area contributed by atoms with E-state index < -0.39 is 0 Å². The Hall–Kier alpha value is -0.830. The summed E-state index contributed by atoms with van der Waals surface area (Å²) in [6, 6.07) is 3.00. The topological polar surface area (TPSA) is 24.9 Å². The van der Waals surface area contributed by atoms with Crippen molar-refractivity contribution in [1.82, 2.24) is 4.98 Å². The standard InChI is InChI=1S/C10H14ClFN2/c1-2-8(11)5-6-13-10-4-3-9(12)7-14-10/h3-4,7-8H,2,5-6H2,1H3,(H,13,14). The molecule has 1 atom stereocenters. The summed E-state index contributed by atoms with van der Waals surface area (Å²) >= 11 is 5.94. The second-order valence-electron chi connectivity index (χ2n) is 3.08. The Labute approximate surface area is 88.5 Å². The Bertz CT molecular complexity index is 263. The molecule has 1 unspecified atom stereocenters. The first kappa shape index (κ1) is 11.2. The molecule has 0 saturated heterocycles. The van der Waals surface area contributed by atoms with E-state index in [9.17, 15) is 4.39 Å². The molecule has 14 heavy (non-hydrogen) atoms. The van der Waals surface area contributed by atoms with Gasteiger partial charge in [0, 0.05) is 11.9 Å². The molecule has 0 bridgehead atoms. The molecule has 0 radical (unpaired) electrons. The first-order valence-electron chi connectivity index (χ1n) is 4.72. The summed E-state index contributed by atoms with van der Waals surface area (Å²) in [5.74, 6) is 0.366. The third-order valence-corrected chi connectivity index (χ3v) is 2.46. The predicted molar refractivity (Wildman–Crippen MR) is 57.2 cm³/mol. The molecule has 0 amide bonds. The van der Waals surface area contributed by atoms with Gasteiger partial charge in [0.1, 0.15) is 11.6 Å². The van der Waals surface area contributed by atoms with Crippen LogP contribution in [0.25, 0.3) is 0 Å². The molecular formula is C10H14ClFN2. The van der Waals surface area contributed by atoms with Gasteiger partial charge in [0.05, 0.1) is 6.20 Å². The highest BCUT2D eigenvalue weighted by molar-refractivity contribution is 6.20. The highest BCUT2D eigenvalue weighted by Gasteiger charge is 2.00. The molecule has 1 rings (SSSR count). The number of nitrogens with zero attached hydrogens (tertiary/aromatic N) is 1. The van der Waals surface area contributed by atoms with Gasteiger partial charge in [-0.15, -0.1) is 11.6 Å². The van der Waals surface area contributed by atoms with Crippen LogP contribution in [0, 0.1) is 5.82 Å². The summed E-state index contributed by atoms with van der Waals surface area (Å²) in [4.78, 5) is 3.87. The number of hydrogen-bond acceptors (Lipinski definition) is 2. The first-order chi connectivity index (χ1) is 6.72. The lowest BCUT2D eigenvalue weighted by Gasteiger charge is -2.07. The van der Waals surface area contributed by atoms with Crippen molar-refractivity contribution in [2.45, 2.75) is 25.1 Å². The number of anilines is 1. The highest BCUT2D eigenvalue weighted by Crippen LogP contribution is 2.08. The van der Waals surface area contributed by atoms with Gasteiger partial charge in [0.15, 0.2) is 0 Å². The van der Waals surface area contributed by atoms with Crippen LogP contribution in [0.3, 0.4) is 0 Å². The van der Waals surface area contributed by atoms with E-state index >= 15 is 0 Å². The van der Waals surface area contributed by atoms with Crippen LogP contribution in [0.4, 0.5) is 10.2 Å². The van der Waals surface area contributed by atoms with Gasteiger partial charge in [-0.1, -0.05) is 6.92 Å². The van der Waals surface area contributed by atoms with Crippen LogP contribution in [0.1, 0.15) is 19.8 Å². The van der Waals surface area contributed by atoms with Crippen LogP contribution < -0.4 is 5.32 Å². The fourth-order valence-corrected chi connectivity index (χ4v) is 1.15. The van der Waals surface area contributed by atoms with Gasteiger partial charge >= 0.3 is 0 Å². The van der Waals surface area contributed by atoms with Gasteiger partial charge < -0.3 is 5.32 Å². The third-order valence-electron chi connectivity index (χ3n) is 1.93. The van der Waals surface area contributed by atoms with Crippen molar-refractivity contribution in [3.05, 3.63) is 24.1 Å². The summed E-state index contributed by atoms with van der Waals surface area (Å²) in [6.45, 7) is 2.81. The van der Waals surface area contributed by atoms with E-state index in [4.69, 9.17) is 11.6 Å². The van der Waals surface area contributed by atoms with Gasteiger partial charge in [-0.2, -0.15) is 0 Å². The van der Waals surface area contributed by atoms with E-state index in [0.29, 0.717) is 5.82 Å². The maximum absolute atomic E-state index is 12.5. The van der Waals surface area contributed by atoms with E-state index in [0.717, 1.165) is 19.4 Å². The van der Waals surface area contributed by atoms with Crippen molar-refractivity contribution in [2.75, 3.05) is 11.9 Å². The van der Waals surface area contributed by atoms with E-state index in [1.54, 1.807) is 6.07 Å². The quantitative estimate of drug-likeness (QED) is 0.766. The molecule has 78 valence electrons. The number of rotatable bonds is 5. The number of halogens is 2. The number of pyridine rings is 1. The van der Waals surface area contributed by atoms with Crippen LogP contribution in [-0.2, 0) is 0 Å². The molecule has 0 spiro atoms. The Kier molecular flexibility index (Phi) is 4.66. The van der Waals surface area contributed by atoms with Gasteiger partial charge in [0.25, 0.3) is 0 Å². The third kappa shape index (κ3) is 3.92. The van der Waals surface area contributed by atoms with E-state index in [2.05, 4.69) is 10.3 Å². The molecule has 1 N–H and O–H groups in total. The molecule has 0 saturated carbocycles. The molecule has 0 aliphatic carbocycles. The average molecular weight is 217 g/mol. The molecule has 0 fully saturated rings. The smallest absolute Gasteiger partial charge is 0.141 e. The van der Waals surface area contributed by atoms with Crippen molar-refractivity contribution >= 4 is 17.4 Å². The molecule has 1 aromatic rings. The number of nitrogens with one attached hydrogen (secondary N) is 1. The molecule has 0 aliphatic rings. The van der Waals surface area contributed by atoms with Gasteiger partial charge in [-0.25, -0.2) is 9.37 Å². The van der Waals surface area contributed by atoms with E-state index in [1.807, 2.05) is 6.92 Å². The first-order valence-corrected chi connectivity index (χ1v) is 5.15. The predicted octanol–water partition coefficient (Wildman–Crippen LogP) is 3.04. The Morgan fingerprint density at radius 3 is 2.93 bits per heavy atom. The van der Waals surface area contributed by atoms with Gasteiger partial charge in [-0.05, 0) is 25.0 Å². The van der Waals surface area contributed by atoms with Crippen molar-refractivity contribution < 1.29 is 4.39 Å². The number of hydrogen-bond donors (Lipinski definition) is 1. The van der Waals surface area contributed by atoms with Gasteiger partial charge in [-0.3, -0.25) is 0 Å². The van der Waals surface area contributed by atoms with Crippen molar-refractivity contribution in [2.24, 2.45) is 0 Å². The zero-order chi connectivity index (χ0) is 10.4. The van der Waals surface area contributed by atoms with Crippen LogP contribution in [0.15, 0.2) is 18.3 Å². The average Bonchev–Trinajstić information content (AvgIpc) is 2.21. The fraction of sp³-hybridized carbons (Fsp3) is 0.500. The summed E-state index contributed by atoms with van der Waals surface area (Å²) < 4.78 is 12.5. The largest absolute Gasteiger partial charge is 0.370 e. The van der Waals surface area contributed by atoms with Crippen LogP contribution in [-0.4, -0.2) is 16.9 Å². The summed E-state index contributed by atoms with van der Waals surface area (Å²) in [6.07, 6.45) is 3.04. The van der Waals surface area contributed by atoms with Crippen molar-refractivity contribution in [1.29, 1.82) is 0 Å². The minimum absolute atomic E-state index is 0.197. The lowest BCUT2D eigenvalue weighted by molar-refractivity contribution is 0.621. The SMILES string of the molecule is CCC(Cl)CCNc1ccc(F)cn1. The van der Waals surface area contributed by atoms with E-state index in [1.165, 1.54) is 12.3 Å². The second-order valence-corrected chi connectivity index (χ2v) is 3.70. The number of aromatic nitrogens is 1.